The van der Waals surface area contributed by atoms with Crippen LogP contribution in [0.4, 0.5) is 0 Å². The Kier molecular flexibility index (Phi) is 2.65. The quantitative estimate of drug-likeness (QED) is 0.543. The van der Waals surface area contributed by atoms with Crippen molar-refractivity contribution in [1.29, 1.82) is 0 Å². The third-order valence-corrected chi connectivity index (χ3v) is 2.54. The number of alkyl halides is 1. The monoisotopic (exact) mass is 233 g/mol. The molecule has 1 unspecified atom stereocenters. The van der Waals surface area contributed by atoms with Crippen molar-refractivity contribution in [3.05, 3.63) is 59.7 Å². The standard InChI is InChI=1S/C12H10Br/c13-9-3-5-11-8-7-10-4-1-2-6-12(10)11/h1-6,8,11H,9H2. The van der Waals surface area contributed by atoms with Crippen molar-refractivity contribution in [2.24, 2.45) is 0 Å². The van der Waals surface area contributed by atoms with Gasteiger partial charge in [0.25, 0.3) is 0 Å². The lowest BCUT2D eigenvalue weighted by Gasteiger charge is -2.04. The number of benzene rings is 1. The lowest BCUT2D eigenvalue weighted by Crippen LogP contribution is -1.87. The smallest absolute Gasteiger partial charge is 0.0214 e. The second-order valence-corrected chi connectivity index (χ2v) is 3.65. The van der Waals surface area contributed by atoms with Gasteiger partial charge in [-0.05, 0) is 17.2 Å². The van der Waals surface area contributed by atoms with E-state index in [9.17, 15) is 0 Å². The third kappa shape index (κ3) is 1.75. The van der Waals surface area contributed by atoms with Crippen LogP contribution in [0, 0.1) is 6.08 Å². The predicted octanol–water partition coefficient (Wildman–Crippen LogP) is 3.44. The topological polar surface area (TPSA) is 0 Å². The average Bonchev–Trinajstić information content (AvgIpc) is 2.58. The molecule has 0 nitrogen and oxygen atoms in total. The van der Waals surface area contributed by atoms with Crippen LogP contribution in [-0.2, 0) is 0 Å². The van der Waals surface area contributed by atoms with E-state index in [-0.39, 0.29) is 0 Å². The minimum atomic E-state index is 0.425. The van der Waals surface area contributed by atoms with Gasteiger partial charge in [0, 0.05) is 11.2 Å². The van der Waals surface area contributed by atoms with Gasteiger partial charge in [0.05, 0.1) is 0 Å². The van der Waals surface area contributed by atoms with Crippen molar-refractivity contribution >= 4 is 15.9 Å². The molecular weight excluding hydrogens is 224 g/mol. The molecule has 0 spiro atoms. The fourth-order valence-corrected chi connectivity index (χ4v) is 1.76. The average molecular weight is 234 g/mol. The van der Waals surface area contributed by atoms with E-state index >= 15 is 0 Å². The fourth-order valence-electron chi connectivity index (χ4n) is 1.55. The van der Waals surface area contributed by atoms with E-state index in [1.165, 1.54) is 11.1 Å². The first-order valence-corrected chi connectivity index (χ1v) is 5.45. The van der Waals surface area contributed by atoms with Gasteiger partial charge in [0.15, 0.2) is 0 Å². The normalized spacial score (nSPS) is 19.6. The van der Waals surface area contributed by atoms with Gasteiger partial charge < -0.3 is 0 Å². The molecular formula is C12H10Br. The van der Waals surface area contributed by atoms with Gasteiger partial charge in [-0.3, -0.25) is 0 Å². The molecule has 0 aliphatic heterocycles. The van der Waals surface area contributed by atoms with Crippen molar-refractivity contribution in [1.82, 2.24) is 0 Å². The lowest BCUT2D eigenvalue weighted by atomic mass is 10.0. The molecule has 13 heavy (non-hydrogen) atoms. The van der Waals surface area contributed by atoms with Crippen LogP contribution in [0.5, 0.6) is 0 Å². The van der Waals surface area contributed by atoms with E-state index in [0.29, 0.717) is 5.92 Å². The molecule has 1 aliphatic carbocycles. The van der Waals surface area contributed by atoms with Crippen LogP contribution in [0.1, 0.15) is 17.0 Å². The van der Waals surface area contributed by atoms with Crippen LogP contribution in [0.15, 0.2) is 42.5 Å². The molecule has 0 saturated heterocycles. The Morgan fingerprint density at radius 2 is 2.23 bits per heavy atom. The zero-order valence-corrected chi connectivity index (χ0v) is 8.79. The number of rotatable bonds is 2. The van der Waals surface area contributed by atoms with Crippen LogP contribution >= 0.6 is 15.9 Å². The van der Waals surface area contributed by atoms with Crippen LogP contribution in [0.2, 0.25) is 0 Å². The summed E-state index contributed by atoms with van der Waals surface area (Å²) in [5, 5.41) is 0.916. The van der Waals surface area contributed by atoms with E-state index in [1.54, 1.807) is 0 Å². The maximum absolute atomic E-state index is 3.38. The van der Waals surface area contributed by atoms with E-state index in [4.69, 9.17) is 0 Å². The molecule has 0 amide bonds. The van der Waals surface area contributed by atoms with Crippen molar-refractivity contribution in [2.75, 3.05) is 5.33 Å². The van der Waals surface area contributed by atoms with Gasteiger partial charge in [-0.15, -0.1) is 0 Å². The SMILES string of the molecule is BrCC=CC1C=[C]c2ccccc21. The van der Waals surface area contributed by atoms with Crippen LogP contribution < -0.4 is 0 Å². The Morgan fingerprint density at radius 1 is 1.38 bits per heavy atom. The maximum atomic E-state index is 3.38. The summed E-state index contributed by atoms with van der Waals surface area (Å²) in [4.78, 5) is 0. The Balaban J connectivity index is 2.28. The van der Waals surface area contributed by atoms with Crippen molar-refractivity contribution in [3.8, 4) is 0 Å². The highest BCUT2D eigenvalue weighted by atomic mass is 79.9. The second-order valence-electron chi connectivity index (χ2n) is 3.01. The van der Waals surface area contributed by atoms with Crippen molar-refractivity contribution in [3.63, 3.8) is 0 Å². The summed E-state index contributed by atoms with van der Waals surface area (Å²) < 4.78 is 0. The Labute approximate surface area is 87.1 Å². The molecule has 1 radical (unpaired) electrons. The van der Waals surface area contributed by atoms with Crippen molar-refractivity contribution < 1.29 is 0 Å². The highest BCUT2D eigenvalue weighted by Crippen LogP contribution is 2.28. The van der Waals surface area contributed by atoms with Crippen LogP contribution in [-0.4, -0.2) is 5.33 Å². The maximum Gasteiger partial charge on any atom is 0.0214 e. The largest absolute Gasteiger partial charge is 0.0883 e. The van der Waals surface area contributed by atoms with Crippen LogP contribution in [0.25, 0.3) is 0 Å². The minimum Gasteiger partial charge on any atom is -0.0883 e. The van der Waals surface area contributed by atoms with E-state index < -0.39 is 0 Å². The molecule has 1 heteroatoms. The minimum absolute atomic E-state index is 0.425. The summed E-state index contributed by atoms with van der Waals surface area (Å²) in [6.45, 7) is 0. The summed E-state index contributed by atoms with van der Waals surface area (Å²) in [7, 11) is 0. The zero-order valence-electron chi connectivity index (χ0n) is 7.20. The number of hydrogen-bond donors (Lipinski definition) is 0. The molecule has 65 valence electrons. The highest BCUT2D eigenvalue weighted by Gasteiger charge is 2.13. The molecule has 0 heterocycles. The first-order chi connectivity index (χ1) is 6.42. The summed E-state index contributed by atoms with van der Waals surface area (Å²) in [5.74, 6) is 0.425. The first-order valence-electron chi connectivity index (χ1n) is 4.33. The molecule has 1 aromatic carbocycles. The molecule has 0 saturated carbocycles. The lowest BCUT2D eigenvalue weighted by molar-refractivity contribution is 1.11. The summed E-state index contributed by atoms with van der Waals surface area (Å²) in [6, 6.07) is 8.40. The molecule has 1 aromatic rings. The summed E-state index contributed by atoms with van der Waals surface area (Å²) >= 11 is 3.38. The highest BCUT2D eigenvalue weighted by molar-refractivity contribution is 9.09. The Morgan fingerprint density at radius 3 is 3.08 bits per heavy atom. The van der Waals surface area contributed by atoms with Crippen molar-refractivity contribution in [2.45, 2.75) is 5.92 Å². The van der Waals surface area contributed by atoms with Gasteiger partial charge in [-0.1, -0.05) is 58.4 Å². The molecule has 0 aromatic heterocycles. The molecule has 0 N–H and O–H groups in total. The van der Waals surface area contributed by atoms with E-state index in [0.717, 1.165) is 5.33 Å². The molecule has 2 rings (SSSR count). The number of halogens is 1. The summed E-state index contributed by atoms with van der Waals surface area (Å²) in [5.41, 5.74) is 2.59. The Bertz CT molecular complexity index is 350. The fraction of sp³-hybridized carbons (Fsp3) is 0.167. The number of allylic oxidation sites excluding steroid dienone is 3. The van der Waals surface area contributed by atoms with Gasteiger partial charge in [0.2, 0.25) is 0 Å². The predicted molar refractivity (Wildman–Crippen MR) is 59.0 cm³/mol. The first kappa shape index (κ1) is 8.76. The van der Waals surface area contributed by atoms with Gasteiger partial charge in [-0.2, -0.15) is 0 Å². The van der Waals surface area contributed by atoms with Gasteiger partial charge >= 0.3 is 0 Å². The van der Waals surface area contributed by atoms with E-state index in [2.05, 4.69) is 64.5 Å². The zero-order chi connectivity index (χ0) is 9.10. The summed E-state index contributed by atoms with van der Waals surface area (Å²) in [6.07, 6.45) is 9.71. The van der Waals surface area contributed by atoms with Gasteiger partial charge in [0.1, 0.15) is 0 Å². The number of fused-ring (bicyclic) bond motifs is 1. The molecule has 1 aliphatic rings. The van der Waals surface area contributed by atoms with Gasteiger partial charge in [-0.25, -0.2) is 0 Å². The molecule has 1 atom stereocenters. The second kappa shape index (κ2) is 3.93. The molecule has 0 bridgehead atoms. The molecule has 0 fully saturated rings. The third-order valence-electron chi connectivity index (χ3n) is 2.17. The van der Waals surface area contributed by atoms with Crippen LogP contribution in [0.3, 0.4) is 0 Å². The number of hydrogen-bond acceptors (Lipinski definition) is 0. The van der Waals surface area contributed by atoms with E-state index in [1.807, 2.05) is 0 Å². The Hall–Kier alpha value is -0.820.